The van der Waals surface area contributed by atoms with E-state index in [1.807, 2.05) is 24.5 Å². The van der Waals surface area contributed by atoms with E-state index in [9.17, 15) is 0 Å². The van der Waals surface area contributed by atoms with E-state index in [-0.39, 0.29) is 0 Å². The molecule has 0 saturated heterocycles. The molecule has 0 radical (unpaired) electrons. The van der Waals surface area contributed by atoms with E-state index in [2.05, 4.69) is 4.98 Å². The second-order valence-corrected chi connectivity index (χ2v) is 5.76. The molecule has 4 fully saturated rings. The van der Waals surface area contributed by atoms with Crippen LogP contribution in [0.15, 0.2) is 24.5 Å². The van der Waals surface area contributed by atoms with Crippen molar-refractivity contribution in [1.29, 1.82) is 0 Å². The standard InChI is InChI=1S/C10H16.C4H5N/c1-7-2-9-4-8(1)5-10(3-7)6-9;1-2-4-5-3-1/h7-10H,1-6H2;1-5H. The van der Waals surface area contributed by atoms with Gasteiger partial charge in [0.25, 0.3) is 0 Å². The zero-order chi connectivity index (χ0) is 10.1. The highest BCUT2D eigenvalue weighted by molar-refractivity contribution is 4.92. The van der Waals surface area contributed by atoms with Gasteiger partial charge in [-0.25, -0.2) is 0 Å². The van der Waals surface area contributed by atoms with Gasteiger partial charge in [-0.15, -0.1) is 0 Å². The van der Waals surface area contributed by atoms with Crippen molar-refractivity contribution in [2.24, 2.45) is 23.7 Å². The Morgan fingerprint density at radius 1 is 0.600 bits per heavy atom. The van der Waals surface area contributed by atoms with E-state index >= 15 is 0 Å². The number of hydrogen-bond acceptors (Lipinski definition) is 0. The summed E-state index contributed by atoms with van der Waals surface area (Å²) in [4.78, 5) is 2.86. The lowest BCUT2D eigenvalue weighted by molar-refractivity contribution is 0.0198. The first-order valence-electron chi connectivity index (χ1n) is 6.48. The third-order valence-electron chi connectivity index (χ3n) is 4.50. The highest BCUT2D eigenvalue weighted by Gasteiger charge is 2.41. The van der Waals surface area contributed by atoms with Gasteiger partial charge in [-0.3, -0.25) is 0 Å². The highest BCUT2D eigenvalue weighted by Crippen LogP contribution is 2.53. The lowest BCUT2D eigenvalue weighted by Crippen LogP contribution is -2.38. The lowest BCUT2D eigenvalue weighted by atomic mass is 9.56. The monoisotopic (exact) mass is 203 g/mol. The van der Waals surface area contributed by atoms with E-state index in [1.165, 1.54) is 23.7 Å². The zero-order valence-electron chi connectivity index (χ0n) is 9.36. The Morgan fingerprint density at radius 3 is 1.13 bits per heavy atom. The number of aromatic nitrogens is 1. The van der Waals surface area contributed by atoms with Crippen molar-refractivity contribution in [2.45, 2.75) is 38.5 Å². The molecule has 4 aliphatic rings. The van der Waals surface area contributed by atoms with Crippen LogP contribution in [0.1, 0.15) is 38.5 Å². The number of H-pyrrole nitrogens is 1. The maximum Gasteiger partial charge on any atom is 0.000496 e. The number of rotatable bonds is 0. The summed E-state index contributed by atoms with van der Waals surface area (Å²) in [5, 5.41) is 0. The Hall–Kier alpha value is -0.720. The average Bonchev–Trinajstić information content (AvgIpc) is 2.72. The van der Waals surface area contributed by atoms with Crippen LogP contribution in [0, 0.1) is 23.7 Å². The average molecular weight is 203 g/mol. The third kappa shape index (κ3) is 2.11. The number of nitrogens with one attached hydrogen (secondary N) is 1. The Morgan fingerprint density at radius 2 is 0.933 bits per heavy atom. The molecule has 0 aliphatic heterocycles. The Labute approximate surface area is 92.3 Å². The minimum absolute atomic E-state index is 1.18. The molecule has 4 aliphatic carbocycles. The first-order valence-corrected chi connectivity index (χ1v) is 6.48. The topological polar surface area (TPSA) is 15.8 Å². The predicted octanol–water partition coefficient (Wildman–Crippen LogP) is 3.85. The van der Waals surface area contributed by atoms with Gasteiger partial charge in [-0.1, -0.05) is 0 Å². The van der Waals surface area contributed by atoms with E-state index in [4.69, 9.17) is 0 Å². The fraction of sp³-hybridized carbons (Fsp3) is 0.714. The summed E-state index contributed by atoms with van der Waals surface area (Å²) in [5.74, 6) is 4.71. The molecular weight excluding hydrogens is 182 g/mol. The van der Waals surface area contributed by atoms with Gasteiger partial charge in [0.15, 0.2) is 0 Å². The molecule has 0 spiro atoms. The Kier molecular flexibility index (Phi) is 2.56. The van der Waals surface area contributed by atoms with Crippen LogP contribution in [-0.4, -0.2) is 4.98 Å². The van der Waals surface area contributed by atoms with Crippen molar-refractivity contribution < 1.29 is 0 Å². The largest absolute Gasteiger partial charge is 0.368 e. The molecule has 82 valence electrons. The van der Waals surface area contributed by atoms with Gasteiger partial charge >= 0.3 is 0 Å². The SMILES string of the molecule is C1C2CC3CC1CC(C2)C3.c1cc[nH]c1. The molecule has 4 bridgehead atoms. The normalized spacial score (nSPS) is 41.1. The van der Waals surface area contributed by atoms with Gasteiger partial charge < -0.3 is 4.98 Å². The first-order chi connectivity index (χ1) is 7.40. The number of hydrogen-bond donors (Lipinski definition) is 1. The summed E-state index contributed by atoms with van der Waals surface area (Å²) in [5.41, 5.74) is 0. The van der Waals surface area contributed by atoms with E-state index in [0.717, 1.165) is 0 Å². The third-order valence-corrected chi connectivity index (χ3v) is 4.50. The highest BCUT2D eigenvalue weighted by atomic mass is 14.6. The summed E-state index contributed by atoms with van der Waals surface area (Å²) in [7, 11) is 0. The lowest BCUT2D eigenvalue weighted by Gasteiger charge is -2.49. The molecule has 4 saturated carbocycles. The van der Waals surface area contributed by atoms with E-state index in [1.54, 1.807) is 38.5 Å². The molecule has 1 nitrogen and oxygen atoms in total. The molecule has 0 atom stereocenters. The molecule has 1 N–H and O–H groups in total. The fourth-order valence-electron chi connectivity index (χ4n) is 4.26. The molecule has 1 heterocycles. The van der Waals surface area contributed by atoms with Gasteiger partial charge in [0.1, 0.15) is 0 Å². The van der Waals surface area contributed by atoms with Gasteiger partial charge in [-0.05, 0) is 74.3 Å². The van der Waals surface area contributed by atoms with Crippen molar-refractivity contribution in [3.8, 4) is 0 Å². The van der Waals surface area contributed by atoms with E-state index in [0.29, 0.717) is 0 Å². The second-order valence-electron chi connectivity index (χ2n) is 5.76. The molecule has 5 rings (SSSR count). The Bertz CT molecular complexity index is 215. The van der Waals surface area contributed by atoms with Crippen LogP contribution < -0.4 is 0 Å². The smallest absolute Gasteiger partial charge is 0.000496 e. The molecule has 15 heavy (non-hydrogen) atoms. The molecule has 1 heteroatoms. The van der Waals surface area contributed by atoms with Crippen LogP contribution in [0.2, 0.25) is 0 Å². The van der Waals surface area contributed by atoms with Crippen molar-refractivity contribution in [3.05, 3.63) is 24.5 Å². The first kappa shape index (κ1) is 9.50. The summed E-state index contributed by atoms with van der Waals surface area (Å²) >= 11 is 0. The maximum atomic E-state index is 2.86. The molecule has 1 aromatic heterocycles. The quantitative estimate of drug-likeness (QED) is 0.659. The van der Waals surface area contributed by atoms with Crippen LogP contribution in [0.3, 0.4) is 0 Å². The molecule has 0 unspecified atom stereocenters. The molecule has 0 aromatic carbocycles. The van der Waals surface area contributed by atoms with Crippen LogP contribution in [-0.2, 0) is 0 Å². The molecular formula is C14H21N. The van der Waals surface area contributed by atoms with Crippen molar-refractivity contribution in [1.82, 2.24) is 4.98 Å². The maximum absolute atomic E-state index is 2.86. The molecule has 1 aromatic rings. The van der Waals surface area contributed by atoms with Crippen LogP contribution >= 0.6 is 0 Å². The second kappa shape index (κ2) is 4.03. The van der Waals surface area contributed by atoms with Crippen LogP contribution in [0.4, 0.5) is 0 Å². The van der Waals surface area contributed by atoms with Gasteiger partial charge in [-0.2, -0.15) is 0 Å². The number of aromatic amines is 1. The zero-order valence-corrected chi connectivity index (χ0v) is 9.36. The summed E-state index contributed by atoms with van der Waals surface area (Å²) in [6, 6.07) is 3.89. The predicted molar refractivity (Wildman–Crippen MR) is 62.5 cm³/mol. The fourth-order valence-corrected chi connectivity index (χ4v) is 4.26. The van der Waals surface area contributed by atoms with Crippen molar-refractivity contribution in [2.75, 3.05) is 0 Å². The van der Waals surface area contributed by atoms with Gasteiger partial charge in [0.2, 0.25) is 0 Å². The van der Waals surface area contributed by atoms with Crippen LogP contribution in [0.5, 0.6) is 0 Å². The summed E-state index contributed by atoms with van der Waals surface area (Å²) in [6.45, 7) is 0. The van der Waals surface area contributed by atoms with Gasteiger partial charge in [0, 0.05) is 12.4 Å². The summed E-state index contributed by atoms with van der Waals surface area (Å²) in [6.07, 6.45) is 13.4. The summed E-state index contributed by atoms with van der Waals surface area (Å²) < 4.78 is 0. The molecule has 0 amide bonds. The van der Waals surface area contributed by atoms with Crippen molar-refractivity contribution in [3.63, 3.8) is 0 Å². The van der Waals surface area contributed by atoms with Crippen molar-refractivity contribution >= 4 is 0 Å². The van der Waals surface area contributed by atoms with E-state index < -0.39 is 0 Å². The Balaban J connectivity index is 0.000000123. The van der Waals surface area contributed by atoms with Crippen LogP contribution in [0.25, 0.3) is 0 Å². The minimum Gasteiger partial charge on any atom is -0.368 e. The minimum atomic E-state index is 1.18. The van der Waals surface area contributed by atoms with Gasteiger partial charge in [0.05, 0.1) is 0 Å².